The summed E-state index contributed by atoms with van der Waals surface area (Å²) in [4.78, 5) is 13.8. The van der Waals surface area contributed by atoms with Crippen LogP contribution < -0.4 is 5.73 Å². The van der Waals surface area contributed by atoms with Crippen LogP contribution in [-0.4, -0.2) is 17.4 Å². The number of allylic oxidation sites excluding steroid dienone is 2. The number of fused-ring (bicyclic) bond motifs is 1. The molecule has 2 aromatic rings. The lowest BCUT2D eigenvalue weighted by Gasteiger charge is -2.29. The van der Waals surface area contributed by atoms with Crippen molar-refractivity contribution < 1.29 is 6.22 Å². The van der Waals surface area contributed by atoms with E-state index in [-0.39, 0.29) is 7.33 Å². The first-order chi connectivity index (χ1) is 14.2. The Labute approximate surface area is 177 Å². The van der Waals surface area contributed by atoms with Crippen LogP contribution in [0.25, 0.3) is 0 Å². The molecule has 3 heteroatoms. The second kappa shape index (κ2) is 10.4. The molecule has 0 spiro atoms. The van der Waals surface area contributed by atoms with E-state index in [0.29, 0.717) is 11.5 Å². The van der Waals surface area contributed by atoms with E-state index in [0.717, 1.165) is 26.1 Å². The Morgan fingerprint density at radius 2 is 1.72 bits per heavy atom. The quantitative estimate of drug-likeness (QED) is 0.665. The average molecular weight is 393 g/mol. The summed E-state index contributed by atoms with van der Waals surface area (Å²) in [7, 11) is 0. The van der Waals surface area contributed by atoms with Crippen molar-refractivity contribution in [3.05, 3.63) is 82.4 Å². The molecule has 0 bridgehead atoms. The van der Waals surface area contributed by atoms with Crippen LogP contribution in [0.4, 0.5) is 0 Å². The highest BCUT2D eigenvalue weighted by Gasteiger charge is 2.18. The molecule has 156 valence electrons. The van der Waals surface area contributed by atoms with Crippen LogP contribution in [0.5, 0.6) is 0 Å². The molecule has 0 saturated heterocycles. The fraction of sp³-hybridized carbons (Fsp3) is 0.423. The Morgan fingerprint density at radius 3 is 2.38 bits per heavy atom. The maximum absolute atomic E-state index is 11.4. The van der Waals surface area contributed by atoms with Crippen molar-refractivity contribution in [2.75, 3.05) is 6.54 Å². The van der Waals surface area contributed by atoms with Crippen LogP contribution >= 0.6 is 0 Å². The average Bonchev–Trinajstić information content (AvgIpc) is 3.05. The molecule has 29 heavy (non-hydrogen) atoms. The maximum atomic E-state index is 11.4. The minimum absolute atomic E-state index is 0. The fourth-order valence-electron chi connectivity index (χ4n) is 4.36. The summed E-state index contributed by atoms with van der Waals surface area (Å²) in [5.74, 6) is 0.361. The van der Waals surface area contributed by atoms with Crippen molar-refractivity contribution in [3.8, 4) is 0 Å². The van der Waals surface area contributed by atoms with E-state index in [2.05, 4.69) is 47.4 Å². The molecular formula is C26H36N2O. The third-order valence-corrected chi connectivity index (χ3v) is 5.97. The van der Waals surface area contributed by atoms with E-state index >= 15 is 0 Å². The van der Waals surface area contributed by atoms with E-state index in [4.69, 9.17) is 5.73 Å². The van der Waals surface area contributed by atoms with Gasteiger partial charge in [0, 0.05) is 26.6 Å². The largest absolute Gasteiger partial charge is 0.366 e. The third kappa shape index (κ3) is 5.57. The lowest BCUT2D eigenvalue weighted by molar-refractivity contribution is 0.1000. The number of nitrogens with zero attached hydrogens (tertiary/aromatic N) is 1. The Hall–Kier alpha value is -2.39. The molecule has 0 fully saturated rings. The third-order valence-electron chi connectivity index (χ3n) is 5.97. The molecule has 0 aromatic heterocycles. The minimum Gasteiger partial charge on any atom is -0.366 e. The van der Waals surface area contributed by atoms with Gasteiger partial charge in [-0.25, -0.2) is 0 Å². The summed E-state index contributed by atoms with van der Waals surface area (Å²) < 4.78 is 0. The van der Waals surface area contributed by atoms with E-state index in [9.17, 15) is 4.79 Å². The van der Waals surface area contributed by atoms with Gasteiger partial charge in [0.1, 0.15) is 0 Å². The van der Waals surface area contributed by atoms with Gasteiger partial charge in [-0.3, -0.25) is 9.69 Å². The molecule has 0 radical (unpaired) electrons. The van der Waals surface area contributed by atoms with Crippen LogP contribution in [-0.2, 0) is 19.5 Å². The Morgan fingerprint density at radius 1 is 1.03 bits per heavy atom. The zero-order valence-corrected chi connectivity index (χ0v) is 17.9. The molecule has 1 aliphatic heterocycles. The summed E-state index contributed by atoms with van der Waals surface area (Å²) in [5.41, 5.74) is 11.5. The van der Waals surface area contributed by atoms with Crippen LogP contribution in [0.3, 0.4) is 0 Å². The highest BCUT2D eigenvalue weighted by atomic mass is 16.1. The van der Waals surface area contributed by atoms with Crippen LogP contribution in [0.2, 0.25) is 0 Å². The SMILES string of the molecule is CC.NC(=O)c1ccc2c(c1)CCN(Cc1ccc(C3CCC=CCC3)cc1)C2.[HH]. The van der Waals surface area contributed by atoms with E-state index < -0.39 is 0 Å². The number of hydrogen-bond donors (Lipinski definition) is 1. The van der Waals surface area contributed by atoms with Crippen LogP contribution in [0.15, 0.2) is 54.6 Å². The zero-order valence-electron chi connectivity index (χ0n) is 17.9. The molecule has 0 atom stereocenters. The lowest BCUT2D eigenvalue weighted by Crippen LogP contribution is -2.30. The van der Waals surface area contributed by atoms with Crippen molar-refractivity contribution in [2.24, 2.45) is 5.73 Å². The molecule has 1 heterocycles. The molecule has 1 aliphatic carbocycles. The van der Waals surface area contributed by atoms with Crippen molar-refractivity contribution in [1.29, 1.82) is 0 Å². The number of hydrogen-bond acceptors (Lipinski definition) is 2. The number of benzene rings is 2. The van der Waals surface area contributed by atoms with Gasteiger partial charge < -0.3 is 5.73 Å². The molecule has 0 unspecified atom stereocenters. The van der Waals surface area contributed by atoms with Crippen molar-refractivity contribution in [1.82, 2.24) is 4.90 Å². The highest BCUT2D eigenvalue weighted by Crippen LogP contribution is 2.29. The monoisotopic (exact) mass is 392 g/mol. The second-order valence-electron chi connectivity index (χ2n) is 7.87. The molecule has 2 aromatic carbocycles. The smallest absolute Gasteiger partial charge is 0.248 e. The minimum atomic E-state index is -0.343. The summed E-state index contributed by atoms with van der Waals surface area (Å²) >= 11 is 0. The van der Waals surface area contributed by atoms with Crippen molar-refractivity contribution in [2.45, 2.75) is 65.0 Å². The summed E-state index contributed by atoms with van der Waals surface area (Å²) in [6.07, 6.45) is 10.6. The zero-order chi connectivity index (χ0) is 20.6. The summed E-state index contributed by atoms with van der Waals surface area (Å²) in [6.45, 7) is 6.93. The number of amides is 1. The van der Waals surface area contributed by atoms with Gasteiger partial charge in [-0.15, -0.1) is 0 Å². The van der Waals surface area contributed by atoms with Crippen molar-refractivity contribution >= 4 is 5.91 Å². The van der Waals surface area contributed by atoms with Gasteiger partial charge in [-0.2, -0.15) is 0 Å². The fourth-order valence-corrected chi connectivity index (χ4v) is 4.36. The molecule has 2 aliphatic rings. The first-order valence-electron chi connectivity index (χ1n) is 11.1. The van der Waals surface area contributed by atoms with Crippen LogP contribution in [0, 0.1) is 0 Å². The summed E-state index contributed by atoms with van der Waals surface area (Å²) in [5, 5.41) is 0. The summed E-state index contributed by atoms with van der Waals surface area (Å²) in [6, 6.07) is 15.2. The van der Waals surface area contributed by atoms with Gasteiger partial charge in [0.15, 0.2) is 0 Å². The maximum Gasteiger partial charge on any atom is 0.248 e. The lowest BCUT2D eigenvalue weighted by atomic mass is 9.91. The van der Waals surface area contributed by atoms with Gasteiger partial charge in [0.25, 0.3) is 0 Å². The number of carbonyl (C=O) groups excluding carboxylic acids is 1. The molecule has 4 rings (SSSR count). The predicted molar refractivity (Wildman–Crippen MR) is 123 cm³/mol. The number of nitrogens with two attached hydrogens (primary N) is 1. The van der Waals surface area contributed by atoms with E-state index in [1.54, 1.807) is 0 Å². The first-order valence-corrected chi connectivity index (χ1v) is 11.1. The molecule has 2 N–H and O–H groups in total. The number of carbonyl (C=O) groups is 1. The topological polar surface area (TPSA) is 46.3 Å². The molecule has 1 amide bonds. The number of rotatable bonds is 4. The molecule has 0 saturated carbocycles. The standard InChI is InChI=1S/C24H28N2O.C2H6.H2/c25-24(27)22-11-12-23-17-26(14-13-21(23)15-22)16-18-7-9-20(10-8-18)19-5-3-1-2-4-6-19;1-2;/h1-2,7-12,15,19H,3-6,13-14,16-17H2,(H2,25,27);1-2H3;1H. The molecular weight excluding hydrogens is 356 g/mol. The van der Waals surface area contributed by atoms with Gasteiger partial charge in [0.05, 0.1) is 0 Å². The predicted octanol–water partition coefficient (Wildman–Crippen LogP) is 5.83. The van der Waals surface area contributed by atoms with Crippen LogP contribution in [0.1, 0.15) is 79.5 Å². The second-order valence-corrected chi connectivity index (χ2v) is 7.87. The Balaban J connectivity index is 0.00000104. The van der Waals surface area contributed by atoms with E-state index in [1.165, 1.54) is 47.9 Å². The number of primary amides is 1. The van der Waals surface area contributed by atoms with E-state index in [1.807, 2.05) is 26.0 Å². The Kier molecular flexibility index (Phi) is 7.65. The normalized spacial score (nSPS) is 17.0. The van der Waals surface area contributed by atoms with Gasteiger partial charge in [-0.1, -0.05) is 56.3 Å². The first kappa shape index (κ1) is 21.3. The Bertz CT molecular complexity index is 835. The van der Waals surface area contributed by atoms with Crippen molar-refractivity contribution in [3.63, 3.8) is 0 Å². The highest BCUT2D eigenvalue weighted by molar-refractivity contribution is 5.93. The van der Waals surface area contributed by atoms with Gasteiger partial charge in [0.2, 0.25) is 5.91 Å². The van der Waals surface area contributed by atoms with Gasteiger partial charge in [-0.05, 0) is 72.4 Å². The van der Waals surface area contributed by atoms with Gasteiger partial charge >= 0.3 is 0 Å². The molecule has 3 nitrogen and oxygen atoms in total.